The van der Waals surface area contributed by atoms with E-state index in [1.807, 2.05) is 12.1 Å². The van der Waals surface area contributed by atoms with Crippen LogP contribution in [0.3, 0.4) is 0 Å². The molecule has 4 saturated carbocycles. The van der Waals surface area contributed by atoms with Crippen LogP contribution in [-0.4, -0.2) is 75.3 Å². The van der Waals surface area contributed by atoms with Gasteiger partial charge < -0.3 is 15.7 Å². The Labute approximate surface area is 320 Å². The van der Waals surface area contributed by atoms with E-state index in [0.717, 1.165) is 37.9 Å². The van der Waals surface area contributed by atoms with E-state index < -0.39 is 16.6 Å². The second-order valence-corrected chi connectivity index (χ2v) is 22.1. The number of carboxylic acid groups (broad SMARTS) is 1. The summed E-state index contributed by atoms with van der Waals surface area (Å²) in [5, 5.41) is 16.0. The monoisotopic (exact) mass is 749 g/mol. The minimum absolute atomic E-state index is 0.0131. The fourth-order valence-corrected chi connectivity index (χ4v) is 15.4. The Bertz CT molecular complexity index is 1630. The van der Waals surface area contributed by atoms with Crippen LogP contribution in [0.4, 0.5) is 4.79 Å². The number of nitrogens with one attached hydrogen (secondary N) is 2. The van der Waals surface area contributed by atoms with E-state index in [9.17, 15) is 23.8 Å². The summed E-state index contributed by atoms with van der Waals surface area (Å²) in [6.07, 6.45) is 13.2. The molecule has 2 amide bonds. The van der Waals surface area contributed by atoms with Crippen LogP contribution in [0.5, 0.6) is 0 Å². The van der Waals surface area contributed by atoms with E-state index in [0.29, 0.717) is 66.3 Å². The van der Waals surface area contributed by atoms with Gasteiger partial charge in [0.15, 0.2) is 0 Å². The van der Waals surface area contributed by atoms with Gasteiger partial charge >= 0.3 is 12.0 Å². The molecule has 1 aromatic rings. The Morgan fingerprint density at radius 3 is 2.25 bits per heavy atom. The molecule has 0 spiro atoms. The first kappa shape index (κ1) is 38.9. The molecule has 0 aromatic heterocycles. The lowest BCUT2D eigenvalue weighted by molar-refractivity contribution is -0.224. The normalized spacial score (nSPS) is 40.7. The van der Waals surface area contributed by atoms with Crippen molar-refractivity contribution in [2.24, 2.45) is 56.7 Å². The van der Waals surface area contributed by atoms with Gasteiger partial charge in [-0.1, -0.05) is 65.0 Å². The van der Waals surface area contributed by atoms with Crippen molar-refractivity contribution in [2.45, 2.75) is 99.3 Å². The Kier molecular flexibility index (Phi) is 10.1. The fourth-order valence-electron chi connectivity index (χ4n) is 14.1. The third kappa shape index (κ3) is 6.41. The number of hydrogen-bond donors (Lipinski definition) is 5. The minimum atomic E-state index is -2.41. The molecule has 1 aromatic carbocycles. The van der Waals surface area contributed by atoms with Crippen LogP contribution in [0, 0.1) is 56.7 Å². The van der Waals surface area contributed by atoms with Crippen molar-refractivity contribution >= 4 is 28.2 Å². The summed E-state index contributed by atoms with van der Waals surface area (Å²) in [6.45, 7) is 23.0. The second-order valence-electron chi connectivity index (χ2n) is 19.6. The van der Waals surface area contributed by atoms with Gasteiger partial charge in [-0.05, 0) is 145 Å². The maximum absolute atomic E-state index is 13.2. The van der Waals surface area contributed by atoms with Gasteiger partial charge in [0.1, 0.15) is 0 Å². The number of allylic oxidation sites excluding steroid dienone is 3. The number of hydrogen-bond acceptors (Lipinski definition) is 5. The Balaban J connectivity index is 1.08. The molecule has 5 N–H and O–H groups in total. The number of rotatable bonds is 8. The number of carbonyl (C=O) groups excluding carboxylic acids is 1. The van der Waals surface area contributed by atoms with E-state index in [4.69, 9.17) is 0 Å². The van der Waals surface area contributed by atoms with Crippen molar-refractivity contribution in [2.75, 3.05) is 44.2 Å². The lowest BCUT2D eigenvalue weighted by atomic mass is 9.32. The maximum Gasteiger partial charge on any atom is 0.335 e. The van der Waals surface area contributed by atoms with Gasteiger partial charge in [0.25, 0.3) is 0 Å². The molecule has 6 aliphatic rings. The summed E-state index contributed by atoms with van der Waals surface area (Å²) in [6, 6.07) is 7.46. The minimum Gasteiger partial charge on any atom is -0.478 e. The van der Waals surface area contributed by atoms with Crippen molar-refractivity contribution in [3.05, 3.63) is 53.6 Å². The standard InChI is InChI=1S/C44H67N3O5S/c1-29(2)32-14-19-44(28-46-39(50)45-22-23-47-24-26-53(51,52)27-25-47)21-20-42(6)34(37(32)44)12-13-36-41(5)17-15-33(30-8-10-31(11-9-30)38(48)49)40(3,4)35(41)16-18-43(36,42)7/h8-11,15,32,34-37,51-52H,1,12-14,16-28H2,2-7H3,(H,48,49)(H2,45,46,50)/t32-,34+,35-,36+,37+,41-,42+,43+,44+/m0/s1. The molecule has 7 rings (SSSR count). The van der Waals surface area contributed by atoms with E-state index >= 15 is 0 Å². The Morgan fingerprint density at radius 2 is 1.58 bits per heavy atom. The second kappa shape index (κ2) is 13.7. The van der Waals surface area contributed by atoms with E-state index in [-0.39, 0.29) is 33.1 Å². The number of fused-ring (bicyclic) bond motifs is 7. The topological polar surface area (TPSA) is 122 Å². The lowest BCUT2D eigenvalue weighted by Gasteiger charge is -2.72. The number of benzene rings is 1. The molecule has 9 atom stereocenters. The fraction of sp³-hybridized carbons (Fsp3) is 0.727. The van der Waals surface area contributed by atoms with Crippen LogP contribution in [0.2, 0.25) is 0 Å². The smallest absolute Gasteiger partial charge is 0.335 e. The van der Waals surface area contributed by atoms with Crippen LogP contribution < -0.4 is 10.6 Å². The molecule has 0 radical (unpaired) electrons. The quantitative estimate of drug-likeness (QED) is 0.169. The highest BCUT2D eigenvalue weighted by molar-refractivity contribution is 8.24. The Hall–Kier alpha value is -2.33. The molecule has 1 aliphatic heterocycles. The molecule has 53 heavy (non-hydrogen) atoms. The molecule has 9 heteroatoms. The molecular formula is C44H67N3O5S. The highest BCUT2D eigenvalue weighted by Crippen LogP contribution is 2.77. The predicted molar refractivity (Wildman–Crippen MR) is 216 cm³/mol. The zero-order valence-corrected chi connectivity index (χ0v) is 34.1. The average Bonchev–Trinajstić information content (AvgIpc) is 3.49. The molecule has 5 fully saturated rings. The van der Waals surface area contributed by atoms with Gasteiger partial charge in [0, 0.05) is 32.7 Å². The van der Waals surface area contributed by atoms with Crippen molar-refractivity contribution in [1.82, 2.24) is 15.5 Å². The summed E-state index contributed by atoms with van der Waals surface area (Å²) >= 11 is 0. The molecular weight excluding hydrogens is 683 g/mol. The zero-order valence-electron chi connectivity index (χ0n) is 33.3. The number of amides is 2. The molecule has 294 valence electrons. The summed E-state index contributed by atoms with van der Waals surface area (Å²) in [7, 11) is -2.41. The lowest BCUT2D eigenvalue weighted by Crippen LogP contribution is -2.66. The SMILES string of the molecule is C=C(C)[C@@H]1CC[C@]2(CNC(=O)NCCN3CCS(O)(O)CC3)CC[C@]3(C)[C@H](CC[C@@H]4[C@@]5(C)CC=C(c6ccc(C(=O)O)cc6)C(C)(C)[C@@H]5CC[C@]43C)[C@@H]12. The summed E-state index contributed by atoms with van der Waals surface area (Å²) in [4.78, 5) is 27.0. The Morgan fingerprint density at radius 1 is 0.887 bits per heavy atom. The highest BCUT2D eigenvalue weighted by atomic mass is 32.3. The molecule has 0 unspecified atom stereocenters. The summed E-state index contributed by atoms with van der Waals surface area (Å²) in [5.74, 6) is 2.79. The predicted octanol–water partition coefficient (Wildman–Crippen LogP) is 9.40. The summed E-state index contributed by atoms with van der Waals surface area (Å²) < 4.78 is 19.9. The van der Waals surface area contributed by atoms with Crippen molar-refractivity contribution < 1.29 is 23.8 Å². The van der Waals surface area contributed by atoms with Crippen LogP contribution in [0.1, 0.15) is 115 Å². The van der Waals surface area contributed by atoms with Crippen molar-refractivity contribution in [3.63, 3.8) is 0 Å². The van der Waals surface area contributed by atoms with Gasteiger partial charge in [-0.25, -0.2) is 9.59 Å². The first-order valence-electron chi connectivity index (χ1n) is 20.5. The van der Waals surface area contributed by atoms with Crippen LogP contribution >= 0.6 is 10.6 Å². The van der Waals surface area contributed by atoms with E-state index in [2.05, 4.69) is 69.7 Å². The third-order valence-corrected chi connectivity index (χ3v) is 18.7. The van der Waals surface area contributed by atoms with Gasteiger partial charge in [0.05, 0.1) is 17.1 Å². The maximum atomic E-state index is 13.2. The summed E-state index contributed by atoms with van der Waals surface area (Å²) in [5.41, 5.74) is 4.92. The molecule has 1 saturated heterocycles. The van der Waals surface area contributed by atoms with Crippen LogP contribution in [0.15, 0.2) is 42.5 Å². The highest BCUT2D eigenvalue weighted by Gasteiger charge is 2.70. The number of carboxylic acids is 1. The zero-order chi connectivity index (χ0) is 38.2. The first-order valence-corrected chi connectivity index (χ1v) is 22.4. The molecule has 1 heterocycles. The van der Waals surface area contributed by atoms with Crippen LogP contribution in [0.25, 0.3) is 5.57 Å². The van der Waals surface area contributed by atoms with Crippen molar-refractivity contribution in [3.8, 4) is 0 Å². The van der Waals surface area contributed by atoms with Crippen LogP contribution in [-0.2, 0) is 0 Å². The average molecular weight is 750 g/mol. The van der Waals surface area contributed by atoms with Gasteiger partial charge in [0.2, 0.25) is 0 Å². The first-order chi connectivity index (χ1) is 24.9. The molecule has 8 nitrogen and oxygen atoms in total. The largest absolute Gasteiger partial charge is 0.478 e. The van der Waals surface area contributed by atoms with Gasteiger partial charge in [-0.3, -0.25) is 14.0 Å². The van der Waals surface area contributed by atoms with Gasteiger partial charge in [-0.2, -0.15) is 10.6 Å². The number of aromatic carboxylic acids is 1. The van der Waals surface area contributed by atoms with E-state index in [1.54, 1.807) is 12.1 Å². The molecule has 5 aliphatic carbocycles. The van der Waals surface area contributed by atoms with Gasteiger partial charge in [-0.15, -0.1) is 0 Å². The number of nitrogens with zero attached hydrogens (tertiary/aromatic N) is 1. The van der Waals surface area contributed by atoms with Crippen molar-refractivity contribution in [1.29, 1.82) is 0 Å². The molecule has 0 bridgehead atoms. The third-order valence-electron chi connectivity index (χ3n) is 17.0. The number of carbonyl (C=O) groups is 2. The number of urea groups is 1. The van der Waals surface area contributed by atoms with E-state index in [1.165, 1.54) is 49.7 Å².